The third-order valence-corrected chi connectivity index (χ3v) is 7.35. The lowest BCUT2D eigenvalue weighted by molar-refractivity contribution is 0.0699. The summed E-state index contributed by atoms with van der Waals surface area (Å²) in [5, 5.41) is 3.64. The molecule has 2 aromatic heterocycles. The maximum Gasteiger partial charge on any atom is 0.165 e. The van der Waals surface area contributed by atoms with Gasteiger partial charge in [-0.05, 0) is 73.1 Å². The van der Waals surface area contributed by atoms with Crippen LogP contribution in [0.5, 0.6) is 5.75 Å². The lowest BCUT2D eigenvalue weighted by Crippen LogP contribution is -2.22. The van der Waals surface area contributed by atoms with Gasteiger partial charge in [0.05, 0.1) is 24.7 Å². The second-order valence-electron chi connectivity index (χ2n) is 9.99. The fourth-order valence-corrected chi connectivity index (χ4v) is 5.17. The van der Waals surface area contributed by atoms with Crippen LogP contribution in [0.25, 0.3) is 16.9 Å². The number of rotatable bonds is 9. The van der Waals surface area contributed by atoms with Gasteiger partial charge >= 0.3 is 0 Å². The van der Waals surface area contributed by atoms with E-state index in [1.165, 1.54) is 13.2 Å². The van der Waals surface area contributed by atoms with Crippen LogP contribution in [0, 0.1) is 18.7 Å². The number of hydrogen-bond donors (Lipinski definition) is 1. The number of ketones is 1. The van der Waals surface area contributed by atoms with Gasteiger partial charge in [-0.25, -0.2) is 9.37 Å². The molecule has 0 saturated carbocycles. The molecule has 1 aliphatic heterocycles. The number of pyridine rings is 1. The second kappa shape index (κ2) is 11.4. The minimum atomic E-state index is -0.371. The van der Waals surface area contributed by atoms with Crippen LogP contribution in [0.1, 0.15) is 53.2 Å². The molecule has 3 heterocycles. The topological polar surface area (TPSA) is 64.9 Å². The number of anilines is 1. The number of aryl methyl sites for hydroxylation is 1. The number of fused-ring (bicyclic) bond motifs is 1. The summed E-state index contributed by atoms with van der Waals surface area (Å²) >= 11 is 0. The van der Waals surface area contributed by atoms with Gasteiger partial charge in [-0.15, -0.1) is 0 Å². The Bertz CT molecular complexity index is 1460. The molecule has 1 fully saturated rings. The first-order valence-electron chi connectivity index (χ1n) is 13.2. The van der Waals surface area contributed by atoms with Crippen LogP contribution >= 0.6 is 0 Å². The number of aromatic nitrogens is 2. The molecule has 38 heavy (non-hydrogen) atoms. The monoisotopic (exact) mass is 515 g/mol. The zero-order valence-electron chi connectivity index (χ0n) is 22.2. The molecule has 0 bridgehead atoms. The van der Waals surface area contributed by atoms with Gasteiger partial charge < -0.3 is 14.8 Å². The van der Waals surface area contributed by atoms with Crippen molar-refractivity contribution in [3.8, 4) is 17.0 Å². The minimum Gasteiger partial charge on any atom is -0.494 e. The molecule has 1 saturated heterocycles. The number of imidazole rings is 1. The summed E-state index contributed by atoms with van der Waals surface area (Å²) in [5.41, 5.74) is 7.31. The molecule has 5 rings (SSSR count). The van der Waals surface area contributed by atoms with E-state index in [2.05, 4.69) is 22.0 Å². The minimum absolute atomic E-state index is 0.140. The molecule has 0 aliphatic carbocycles. The smallest absolute Gasteiger partial charge is 0.165 e. The summed E-state index contributed by atoms with van der Waals surface area (Å²) < 4.78 is 27.1. The molecule has 0 atom stereocenters. The van der Waals surface area contributed by atoms with E-state index in [-0.39, 0.29) is 17.3 Å². The number of ether oxygens (including phenoxy) is 2. The van der Waals surface area contributed by atoms with Crippen molar-refractivity contribution in [1.82, 2.24) is 9.38 Å². The van der Waals surface area contributed by atoms with Crippen LogP contribution < -0.4 is 10.1 Å². The van der Waals surface area contributed by atoms with Gasteiger partial charge in [0.25, 0.3) is 0 Å². The van der Waals surface area contributed by atoms with Gasteiger partial charge in [-0.1, -0.05) is 25.1 Å². The summed E-state index contributed by atoms with van der Waals surface area (Å²) in [6.07, 6.45) is 7.06. The summed E-state index contributed by atoms with van der Waals surface area (Å²) in [6, 6.07) is 13.1. The highest BCUT2D eigenvalue weighted by Crippen LogP contribution is 2.30. The summed E-state index contributed by atoms with van der Waals surface area (Å²) in [4.78, 5) is 17.1. The molecule has 0 spiro atoms. The quantitative estimate of drug-likeness (QED) is 0.259. The van der Waals surface area contributed by atoms with Gasteiger partial charge in [-0.3, -0.25) is 9.20 Å². The Morgan fingerprint density at radius 1 is 1.16 bits per heavy atom. The van der Waals surface area contributed by atoms with E-state index < -0.39 is 0 Å². The van der Waals surface area contributed by atoms with Crippen molar-refractivity contribution >= 4 is 17.1 Å². The predicted octanol–water partition coefficient (Wildman–Crippen LogP) is 6.48. The number of hydrogen-bond acceptors (Lipinski definition) is 5. The SMILES string of the molecule is CCC(=O)c1ccc(-c2cnc3c(NCC4CCOCC4)cc(Cc4ccc(OC)c(F)c4)cn23)cc1C. The number of benzene rings is 2. The van der Waals surface area contributed by atoms with E-state index in [1.807, 2.05) is 44.3 Å². The zero-order valence-corrected chi connectivity index (χ0v) is 22.2. The third-order valence-electron chi connectivity index (χ3n) is 7.35. The van der Waals surface area contributed by atoms with Crippen LogP contribution in [0.3, 0.4) is 0 Å². The first-order chi connectivity index (χ1) is 18.5. The lowest BCUT2D eigenvalue weighted by Gasteiger charge is -2.23. The molecule has 198 valence electrons. The van der Waals surface area contributed by atoms with Crippen molar-refractivity contribution in [3.05, 3.63) is 82.9 Å². The molecule has 2 aromatic carbocycles. The Kier molecular flexibility index (Phi) is 7.74. The van der Waals surface area contributed by atoms with Crippen molar-refractivity contribution in [2.24, 2.45) is 5.92 Å². The number of carbonyl (C=O) groups excluding carboxylic acids is 1. The predicted molar refractivity (Wildman–Crippen MR) is 148 cm³/mol. The number of carbonyl (C=O) groups is 1. The fourth-order valence-electron chi connectivity index (χ4n) is 5.17. The first kappa shape index (κ1) is 25.9. The molecule has 0 amide bonds. The van der Waals surface area contributed by atoms with Gasteiger partial charge in [-0.2, -0.15) is 0 Å². The Labute approximate surface area is 222 Å². The van der Waals surface area contributed by atoms with E-state index in [0.29, 0.717) is 18.8 Å². The van der Waals surface area contributed by atoms with Crippen LogP contribution in [0.15, 0.2) is 54.9 Å². The zero-order chi connectivity index (χ0) is 26.6. The highest BCUT2D eigenvalue weighted by Gasteiger charge is 2.17. The largest absolute Gasteiger partial charge is 0.494 e. The molecular weight excluding hydrogens is 481 g/mol. The number of halogens is 1. The van der Waals surface area contributed by atoms with Crippen molar-refractivity contribution in [3.63, 3.8) is 0 Å². The summed E-state index contributed by atoms with van der Waals surface area (Å²) in [5.74, 6) is 0.550. The van der Waals surface area contributed by atoms with Crippen LogP contribution in [0.2, 0.25) is 0 Å². The Balaban J connectivity index is 1.53. The Morgan fingerprint density at radius 3 is 2.68 bits per heavy atom. The van der Waals surface area contributed by atoms with E-state index in [9.17, 15) is 9.18 Å². The second-order valence-corrected chi connectivity index (χ2v) is 9.99. The van der Waals surface area contributed by atoms with Gasteiger partial charge in [0.1, 0.15) is 0 Å². The average molecular weight is 516 g/mol. The number of nitrogens with zero attached hydrogens (tertiary/aromatic N) is 2. The molecule has 1 aliphatic rings. The summed E-state index contributed by atoms with van der Waals surface area (Å²) in [7, 11) is 1.47. The van der Waals surface area contributed by atoms with E-state index in [4.69, 9.17) is 14.5 Å². The number of Topliss-reactive ketones (excluding diaryl/α,β-unsaturated/α-hetero) is 1. The van der Waals surface area contributed by atoms with E-state index in [1.54, 1.807) is 6.07 Å². The molecule has 1 N–H and O–H groups in total. The van der Waals surface area contributed by atoms with Gasteiger partial charge in [0.2, 0.25) is 0 Å². The molecule has 6 nitrogen and oxygen atoms in total. The molecule has 0 radical (unpaired) electrons. The van der Waals surface area contributed by atoms with Crippen LogP contribution in [-0.2, 0) is 11.2 Å². The fraction of sp³-hybridized carbons (Fsp3) is 0.355. The highest BCUT2D eigenvalue weighted by molar-refractivity contribution is 5.97. The molecular formula is C31H34FN3O3. The maximum atomic E-state index is 14.4. The van der Waals surface area contributed by atoms with E-state index >= 15 is 0 Å². The van der Waals surface area contributed by atoms with Gasteiger partial charge in [0, 0.05) is 43.5 Å². The van der Waals surface area contributed by atoms with Crippen LogP contribution in [0.4, 0.5) is 10.1 Å². The number of nitrogens with one attached hydrogen (secondary N) is 1. The van der Waals surface area contributed by atoms with Crippen molar-refractivity contribution in [2.75, 3.05) is 32.2 Å². The molecule has 4 aromatic rings. The molecule has 7 heteroatoms. The highest BCUT2D eigenvalue weighted by atomic mass is 19.1. The first-order valence-corrected chi connectivity index (χ1v) is 13.2. The Hall–Kier alpha value is -3.71. The van der Waals surface area contributed by atoms with E-state index in [0.717, 1.165) is 77.4 Å². The number of methoxy groups -OCH3 is 1. The molecule has 0 unspecified atom stereocenters. The van der Waals surface area contributed by atoms with Crippen LogP contribution in [-0.4, -0.2) is 42.0 Å². The van der Waals surface area contributed by atoms with Gasteiger partial charge in [0.15, 0.2) is 23.0 Å². The van der Waals surface area contributed by atoms with Crippen molar-refractivity contribution in [1.29, 1.82) is 0 Å². The van der Waals surface area contributed by atoms with Crippen molar-refractivity contribution in [2.45, 2.75) is 39.5 Å². The summed E-state index contributed by atoms with van der Waals surface area (Å²) in [6.45, 7) is 6.29. The standard InChI is InChI=1S/C31H34FN3O3/c1-4-29(36)25-7-6-24(13-20(25)2)28-18-34-31-27(33-17-21-9-11-38-12-10-21)16-23(19-35(28)31)14-22-5-8-30(37-3)26(32)15-22/h5-8,13,15-16,18-19,21,33H,4,9-12,14,17H2,1-3H3. The average Bonchev–Trinajstić information content (AvgIpc) is 3.36. The third kappa shape index (κ3) is 5.43. The lowest BCUT2D eigenvalue weighted by atomic mass is 9.99. The maximum absolute atomic E-state index is 14.4. The van der Waals surface area contributed by atoms with Crippen molar-refractivity contribution < 1.29 is 18.7 Å². The Morgan fingerprint density at radius 2 is 1.97 bits per heavy atom. The normalized spacial score (nSPS) is 14.1.